The molecule has 0 aliphatic carbocycles. The Morgan fingerprint density at radius 3 is 2.44 bits per heavy atom. The minimum Gasteiger partial charge on any atom is -0.495 e. The summed E-state index contributed by atoms with van der Waals surface area (Å²) in [6.45, 7) is 6.36. The Morgan fingerprint density at radius 1 is 1.16 bits per heavy atom. The molecule has 0 N–H and O–H groups in total. The highest BCUT2D eigenvalue weighted by molar-refractivity contribution is 9.10. The van der Waals surface area contributed by atoms with E-state index in [1.165, 1.54) is 32.4 Å². The van der Waals surface area contributed by atoms with Crippen LogP contribution < -0.4 is 4.74 Å². The van der Waals surface area contributed by atoms with E-state index in [9.17, 15) is 17.6 Å². The largest absolute Gasteiger partial charge is 0.495 e. The molecule has 174 valence electrons. The first-order valence-electron chi connectivity index (χ1n) is 10.0. The summed E-state index contributed by atoms with van der Waals surface area (Å²) in [5.41, 5.74) is 0.494. The molecule has 9 heteroatoms. The smallest absolute Gasteiger partial charge is 0.342 e. The molecule has 6 nitrogen and oxygen atoms in total. The molecule has 2 aromatic carbocycles. The van der Waals surface area contributed by atoms with Crippen molar-refractivity contribution in [1.82, 2.24) is 4.90 Å². The van der Waals surface area contributed by atoms with E-state index >= 15 is 0 Å². The van der Waals surface area contributed by atoms with Gasteiger partial charge >= 0.3 is 5.97 Å². The topological polar surface area (TPSA) is 72.9 Å². The molecule has 0 spiro atoms. The normalized spacial score (nSPS) is 11.8. The van der Waals surface area contributed by atoms with Gasteiger partial charge in [0.05, 0.1) is 29.3 Å². The Kier molecular flexibility index (Phi) is 9.42. The van der Waals surface area contributed by atoms with Crippen molar-refractivity contribution in [2.45, 2.75) is 24.5 Å². The van der Waals surface area contributed by atoms with Gasteiger partial charge < -0.3 is 14.4 Å². The second-order valence-corrected chi connectivity index (χ2v) is 9.75. The summed E-state index contributed by atoms with van der Waals surface area (Å²) < 4.78 is 51.2. The van der Waals surface area contributed by atoms with Gasteiger partial charge in [0.25, 0.3) is 0 Å². The number of esters is 1. The van der Waals surface area contributed by atoms with E-state index in [-0.39, 0.29) is 27.3 Å². The number of hydrogen-bond acceptors (Lipinski definition) is 6. The highest BCUT2D eigenvalue weighted by Crippen LogP contribution is 2.34. The van der Waals surface area contributed by atoms with E-state index in [1.807, 2.05) is 19.9 Å². The lowest BCUT2D eigenvalue weighted by Crippen LogP contribution is -2.22. The number of likely N-dealkylation sites (N-methyl/N-ethyl adjacent to an activating group) is 1. The number of benzene rings is 2. The van der Waals surface area contributed by atoms with Crippen molar-refractivity contribution in [1.29, 1.82) is 0 Å². The maximum absolute atomic E-state index is 13.9. The zero-order valence-corrected chi connectivity index (χ0v) is 20.9. The van der Waals surface area contributed by atoms with Crippen LogP contribution in [-0.4, -0.2) is 53.1 Å². The average molecular weight is 528 g/mol. The van der Waals surface area contributed by atoms with Crippen molar-refractivity contribution in [2.24, 2.45) is 0 Å². The van der Waals surface area contributed by atoms with Crippen molar-refractivity contribution in [3.8, 4) is 5.75 Å². The Morgan fingerprint density at radius 2 is 1.84 bits per heavy atom. The van der Waals surface area contributed by atoms with E-state index in [0.29, 0.717) is 11.0 Å². The number of sulfone groups is 1. The number of ether oxygens (including phenoxy) is 2. The first-order chi connectivity index (χ1) is 15.2. The van der Waals surface area contributed by atoms with Crippen LogP contribution in [0.4, 0.5) is 4.39 Å². The second kappa shape index (κ2) is 11.6. The molecule has 2 rings (SSSR count). The first-order valence-corrected chi connectivity index (χ1v) is 12.5. The Hall–Kier alpha value is -2.23. The van der Waals surface area contributed by atoms with Gasteiger partial charge in [-0.15, -0.1) is 0 Å². The minimum atomic E-state index is -3.93. The zero-order chi connectivity index (χ0) is 23.9. The fourth-order valence-corrected chi connectivity index (χ4v) is 5.33. The molecular formula is C23H27BrFNO5S. The number of carbonyl (C=O) groups excluding carboxylic acids is 1. The predicted octanol–water partition coefficient (Wildman–Crippen LogP) is 4.71. The van der Waals surface area contributed by atoms with E-state index in [2.05, 4.69) is 20.8 Å². The molecule has 2 aromatic rings. The van der Waals surface area contributed by atoms with Crippen LogP contribution in [0.3, 0.4) is 0 Å². The van der Waals surface area contributed by atoms with E-state index < -0.39 is 27.4 Å². The molecule has 0 amide bonds. The number of halogens is 2. The number of carbonyl (C=O) groups is 1. The number of hydrogen-bond donors (Lipinski definition) is 0. The highest BCUT2D eigenvalue weighted by Gasteiger charge is 2.26. The molecule has 0 saturated heterocycles. The standard InChI is InChI=1S/C23H27BrFNO5S/c1-5-26(6-2)13-7-8-16-14-18(25)10-12-20(16)32(28,29)15-17-9-11-19(24)22(30-3)21(17)23(27)31-4/h7-12,14H,5-6,13,15H2,1-4H3/b8-7+. The Bertz CT molecular complexity index is 1100. The fraction of sp³-hybridized carbons (Fsp3) is 0.348. The molecule has 0 fully saturated rings. The van der Waals surface area contributed by atoms with Crippen LogP contribution in [0.15, 0.2) is 45.8 Å². The molecule has 0 aliphatic rings. The van der Waals surface area contributed by atoms with Gasteiger partial charge in [-0.2, -0.15) is 0 Å². The molecule has 0 heterocycles. The lowest BCUT2D eigenvalue weighted by molar-refractivity contribution is 0.0596. The number of methoxy groups -OCH3 is 2. The Labute approximate surface area is 197 Å². The summed E-state index contributed by atoms with van der Waals surface area (Å²) in [4.78, 5) is 14.5. The van der Waals surface area contributed by atoms with Crippen LogP contribution in [0, 0.1) is 5.82 Å². The van der Waals surface area contributed by atoms with Crippen molar-refractivity contribution in [3.05, 3.63) is 63.4 Å². The van der Waals surface area contributed by atoms with Crippen LogP contribution in [0.5, 0.6) is 5.75 Å². The SMILES string of the molecule is CCN(CC)C/C=C/c1cc(F)ccc1S(=O)(=O)Cc1ccc(Br)c(OC)c1C(=O)OC. The van der Waals surface area contributed by atoms with Crippen LogP contribution >= 0.6 is 15.9 Å². The summed E-state index contributed by atoms with van der Waals surface area (Å²) in [6.07, 6.45) is 3.42. The Balaban J connectivity index is 2.50. The third-order valence-electron chi connectivity index (χ3n) is 5.00. The van der Waals surface area contributed by atoms with Gasteiger partial charge in [0.1, 0.15) is 17.1 Å². The van der Waals surface area contributed by atoms with Gasteiger partial charge in [-0.05, 0) is 64.4 Å². The van der Waals surface area contributed by atoms with Crippen LogP contribution in [0.25, 0.3) is 6.08 Å². The van der Waals surface area contributed by atoms with Gasteiger partial charge in [-0.3, -0.25) is 0 Å². The summed E-state index contributed by atoms with van der Waals surface area (Å²) in [5, 5.41) is 0. The van der Waals surface area contributed by atoms with Crippen LogP contribution in [0.1, 0.15) is 35.3 Å². The summed E-state index contributed by atoms with van der Waals surface area (Å²) in [6, 6.07) is 6.67. The maximum Gasteiger partial charge on any atom is 0.342 e. The number of nitrogens with zero attached hydrogens (tertiary/aromatic N) is 1. The number of rotatable bonds is 10. The van der Waals surface area contributed by atoms with Crippen LogP contribution in [0.2, 0.25) is 0 Å². The molecule has 0 saturated carbocycles. The molecule has 0 radical (unpaired) electrons. The lowest BCUT2D eigenvalue weighted by atomic mass is 10.1. The van der Waals surface area contributed by atoms with Crippen molar-refractivity contribution < 1.29 is 27.1 Å². The lowest BCUT2D eigenvalue weighted by Gasteiger charge is -2.16. The van der Waals surface area contributed by atoms with Gasteiger partial charge in [-0.1, -0.05) is 32.1 Å². The van der Waals surface area contributed by atoms with Crippen molar-refractivity contribution in [2.75, 3.05) is 33.9 Å². The first kappa shape index (κ1) is 26.0. The zero-order valence-electron chi connectivity index (χ0n) is 18.5. The quantitative estimate of drug-likeness (QED) is 0.329. The molecule has 0 atom stereocenters. The maximum atomic E-state index is 13.9. The van der Waals surface area contributed by atoms with Crippen LogP contribution in [-0.2, 0) is 20.3 Å². The van der Waals surface area contributed by atoms with Gasteiger partial charge in [-0.25, -0.2) is 17.6 Å². The summed E-state index contributed by atoms with van der Waals surface area (Å²) in [5.74, 6) is -1.55. The van der Waals surface area contributed by atoms with Crippen molar-refractivity contribution in [3.63, 3.8) is 0 Å². The second-order valence-electron chi connectivity index (χ2n) is 6.94. The van der Waals surface area contributed by atoms with Gasteiger partial charge in [0.15, 0.2) is 9.84 Å². The predicted molar refractivity (Wildman–Crippen MR) is 126 cm³/mol. The fourth-order valence-electron chi connectivity index (χ4n) is 3.27. The van der Waals surface area contributed by atoms with E-state index in [4.69, 9.17) is 9.47 Å². The van der Waals surface area contributed by atoms with E-state index in [0.717, 1.165) is 19.2 Å². The molecule has 32 heavy (non-hydrogen) atoms. The highest BCUT2D eigenvalue weighted by atomic mass is 79.9. The monoisotopic (exact) mass is 527 g/mol. The molecule has 0 aromatic heterocycles. The molecule has 0 bridgehead atoms. The summed E-state index contributed by atoms with van der Waals surface area (Å²) in [7, 11) is -1.35. The average Bonchev–Trinajstić information content (AvgIpc) is 2.76. The third-order valence-corrected chi connectivity index (χ3v) is 7.35. The summed E-state index contributed by atoms with van der Waals surface area (Å²) >= 11 is 3.30. The molecule has 0 aliphatic heterocycles. The molecular weight excluding hydrogens is 501 g/mol. The van der Waals surface area contributed by atoms with E-state index in [1.54, 1.807) is 12.1 Å². The van der Waals surface area contributed by atoms with Gasteiger partial charge in [0.2, 0.25) is 0 Å². The van der Waals surface area contributed by atoms with Crippen molar-refractivity contribution >= 4 is 37.8 Å². The molecule has 0 unspecified atom stereocenters. The van der Waals surface area contributed by atoms with Gasteiger partial charge in [0, 0.05) is 6.54 Å². The third kappa shape index (κ3) is 6.17. The minimum absolute atomic E-state index is 0.0209.